The smallest absolute Gasteiger partial charge is 0.332 e. The van der Waals surface area contributed by atoms with E-state index in [1.807, 2.05) is 0 Å². The lowest BCUT2D eigenvalue weighted by molar-refractivity contribution is -0.146. The second-order valence-electron chi connectivity index (χ2n) is 4.35. The van der Waals surface area contributed by atoms with Crippen LogP contribution in [0.5, 0.6) is 0 Å². The van der Waals surface area contributed by atoms with Crippen LogP contribution < -0.4 is 10.6 Å². The molecule has 1 atom stereocenters. The molecular weight excluding hydrogens is 286 g/mol. The van der Waals surface area contributed by atoms with E-state index in [2.05, 4.69) is 10.6 Å². The highest BCUT2D eigenvalue weighted by molar-refractivity contribution is 5.74. The first kappa shape index (κ1) is 16.8. The summed E-state index contributed by atoms with van der Waals surface area (Å²) in [5.74, 6) is -2.72. The van der Waals surface area contributed by atoms with Gasteiger partial charge in [0, 0.05) is 25.6 Å². The first-order valence-electron chi connectivity index (χ1n) is 6.26. The SMILES string of the molecule is O=C(NCCc1cc(F)cc(F)c1)NCCC(O)C(=O)O. The number of hydrogen-bond donors (Lipinski definition) is 4. The molecule has 4 N–H and O–H groups in total. The average Bonchev–Trinajstić information content (AvgIpc) is 2.37. The fourth-order valence-corrected chi connectivity index (χ4v) is 1.58. The number of carbonyl (C=O) groups is 2. The first-order valence-corrected chi connectivity index (χ1v) is 6.26. The van der Waals surface area contributed by atoms with Crippen molar-refractivity contribution >= 4 is 12.0 Å². The minimum atomic E-state index is -1.53. The van der Waals surface area contributed by atoms with E-state index in [1.165, 1.54) is 12.1 Å². The molecule has 0 saturated heterocycles. The Morgan fingerprint density at radius 2 is 1.67 bits per heavy atom. The molecule has 116 valence electrons. The van der Waals surface area contributed by atoms with Gasteiger partial charge in [0.2, 0.25) is 0 Å². The monoisotopic (exact) mass is 302 g/mol. The normalized spacial score (nSPS) is 11.8. The number of aliphatic hydroxyl groups excluding tert-OH is 1. The van der Waals surface area contributed by atoms with Crippen molar-refractivity contribution in [2.75, 3.05) is 13.1 Å². The van der Waals surface area contributed by atoms with Crippen molar-refractivity contribution in [3.05, 3.63) is 35.4 Å². The number of urea groups is 1. The number of halogens is 2. The Bertz CT molecular complexity index is 491. The highest BCUT2D eigenvalue weighted by atomic mass is 19.1. The van der Waals surface area contributed by atoms with Crippen LogP contribution in [0, 0.1) is 11.6 Å². The standard InChI is InChI=1S/C13H16F2N2O4/c14-9-5-8(6-10(15)7-9)1-3-16-13(21)17-4-2-11(18)12(19)20/h5-7,11,18H,1-4H2,(H,19,20)(H2,16,17,21). The number of rotatable bonds is 7. The van der Waals surface area contributed by atoms with Crippen molar-refractivity contribution in [3.8, 4) is 0 Å². The van der Waals surface area contributed by atoms with Gasteiger partial charge in [0.1, 0.15) is 11.6 Å². The van der Waals surface area contributed by atoms with E-state index in [0.717, 1.165) is 6.07 Å². The largest absolute Gasteiger partial charge is 0.479 e. The number of nitrogens with one attached hydrogen (secondary N) is 2. The zero-order valence-electron chi connectivity index (χ0n) is 11.1. The zero-order chi connectivity index (χ0) is 15.8. The summed E-state index contributed by atoms with van der Waals surface area (Å²) >= 11 is 0. The van der Waals surface area contributed by atoms with Crippen LogP contribution in [0.3, 0.4) is 0 Å². The number of carbonyl (C=O) groups excluding carboxylic acids is 1. The maximum Gasteiger partial charge on any atom is 0.332 e. The van der Waals surface area contributed by atoms with E-state index in [9.17, 15) is 18.4 Å². The molecule has 8 heteroatoms. The molecular formula is C13H16F2N2O4. The van der Waals surface area contributed by atoms with Crippen LogP contribution in [-0.4, -0.2) is 41.4 Å². The molecule has 0 aliphatic heterocycles. The summed E-state index contributed by atoms with van der Waals surface area (Å²) in [5.41, 5.74) is 0.411. The lowest BCUT2D eigenvalue weighted by Gasteiger charge is -2.09. The molecule has 0 saturated carbocycles. The number of aliphatic hydroxyl groups is 1. The summed E-state index contributed by atoms with van der Waals surface area (Å²) in [7, 11) is 0. The van der Waals surface area contributed by atoms with E-state index in [0.29, 0.717) is 5.56 Å². The van der Waals surface area contributed by atoms with E-state index >= 15 is 0 Å². The summed E-state index contributed by atoms with van der Waals surface area (Å²) in [6.07, 6.45) is -1.39. The van der Waals surface area contributed by atoms with Gasteiger partial charge in [-0.15, -0.1) is 0 Å². The molecule has 1 unspecified atom stereocenters. The van der Waals surface area contributed by atoms with Gasteiger partial charge < -0.3 is 20.8 Å². The minimum absolute atomic E-state index is 0.00606. The fourth-order valence-electron chi connectivity index (χ4n) is 1.58. The summed E-state index contributed by atoms with van der Waals surface area (Å²) in [4.78, 5) is 21.6. The molecule has 0 radical (unpaired) electrons. The topological polar surface area (TPSA) is 98.7 Å². The lowest BCUT2D eigenvalue weighted by Crippen LogP contribution is -2.38. The first-order chi connectivity index (χ1) is 9.88. The van der Waals surface area contributed by atoms with Crippen LogP contribution in [0.2, 0.25) is 0 Å². The number of hydrogen-bond acceptors (Lipinski definition) is 3. The Kier molecular flexibility index (Phi) is 6.54. The summed E-state index contributed by atoms with van der Waals surface area (Å²) in [6.45, 7) is 0.157. The third-order valence-corrected chi connectivity index (χ3v) is 2.61. The quantitative estimate of drug-likeness (QED) is 0.594. The number of carboxylic acids is 1. The van der Waals surface area contributed by atoms with Gasteiger partial charge in [0.05, 0.1) is 0 Å². The second-order valence-corrected chi connectivity index (χ2v) is 4.35. The van der Waals surface area contributed by atoms with Gasteiger partial charge in [0.25, 0.3) is 0 Å². The molecule has 2 amide bonds. The molecule has 6 nitrogen and oxygen atoms in total. The highest BCUT2D eigenvalue weighted by Crippen LogP contribution is 2.07. The number of aliphatic carboxylic acids is 1. The van der Waals surface area contributed by atoms with Crippen LogP contribution >= 0.6 is 0 Å². The van der Waals surface area contributed by atoms with Gasteiger partial charge in [-0.25, -0.2) is 18.4 Å². The predicted octanol–water partition coefficient (Wildman–Crippen LogP) is 0.642. The van der Waals surface area contributed by atoms with Crippen molar-refractivity contribution in [1.29, 1.82) is 0 Å². The summed E-state index contributed by atoms with van der Waals surface area (Å²) in [6, 6.07) is 2.55. The Labute approximate surface area is 119 Å². The van der Waals surface area contributed by atoms with E-state index < -0.39 is 29.7 Å². The van der Waals surface area contributed by atoms with Crippen LogP contribution in [0.15, 0.2) is 18.2 Å². The van der Waals surface area contributed by atoms with E-state index in [1.54, 1.807) is 0 Å². The van der Waals surface area contributed by atoms with Gasteiger partial charge in [0.15, 0.2) is 6.10 Å². The minimum Gasteiger partial charge on any atom is -0.479 e. The molecule has 1 aromatic carbocycles. The third-order valence-electron chi connectivity index (χ3n) is 2.61. The molecule has 0 aliphatic rings. The molecule has 0 aliphatic carbocycles. The molecule has 1 aromatic rings. The molecule has 0 fully saturated rings. The van der Waals surface area contributed by atoms with Crippen LogP contribution in [0.1, 0.15) is 12.0 Å². The Morgan fingerprint density at radius 3 is 2.24 bits per heavy atom. The van der Waals surface area contributed by atoms with E-state index in [-0.39, 0.29) is 25.9 Å². The molecule has 0 spiro atoms. The third kappa shape index (κ3) is 6.66. The Balaban J connectivity index is 2.23. The van der Waals surface area contributed by atoms with Crippen molar-refractivity contribution in [2.24, 2.45) is 0 Å². The van der Waals surface area contributed by atoms with Crippen molar-refractivity contribution in [2.45, 2.75) is 18.9 Å². The summed E-state index contributed by atoms with van der Waals surface area (Å²) in [5, 5.41) is 22.2. The molecule has 0 bridgehead atoms. The van der Waals surface area contributed by atoms with E-state index in [4.69, 9.17) is 10.2 Å². The van der Waals surface area contributed by atoms with Crippen molar-refractivity contribution < 1.29 is 28.6 Å². The van der Waals surface area contributed by atoms with Crippen molar-refractivity contribution in [1.82, 2.24) is 10.6 Å². The lowest BCUT2D eigenvalue weighted by atomic mass is 10.1. The Morgan fingerprint density at radius 1 is 1.10 bits per heavy atom. The zero-order valence-corrected chi connectivity index (χ0v) is 11.1. The molecule has 0 heterocycles. The molecule has 21 heavy (non-hydrogen) atoms. The van der Waals surface area contributed by atoms with Gasteiger partial charge >= 0.3 is 12.0 Å². The van der Waals surface area contributed by atoms with Gasteiger partial charge in [-0.05, 0) is 24.1 Å². The van der Waals surface area contributed by atoms with Gasteiger partial charge in [-0.3, -0.25) is 0 Å². The molecule has 0 aromatic heterocycles. The maximum absolute atomic E-state index is 12.9. The predicted molar refractivity (Wildman–Crippen MR) is 69.7 cm³/mol. The van der Waals surface area contributed by atoms with Crippen LogP contribution in [0.4, 0.5) is 13.6 Å². The number of benzene rings is 1. The Hall–Kier alpha value is -2.22. The molecule has 1 rings (SSSR count). The maximum atomic E-state index is 12.9. The van der Waals surface area contributed by atoms with Gasteiger partial charge in [-0.1, -0.05) is 0 Å². The van der Waals surface area contributed by atoms with Gasteiger partial charge in [-0.2, -0.15) is 0 Å². The van der Waals surface area contributed by atoms with Crippen molar-refractivity contribution in [3.63, 3.8) is 0 Å². The number of carboxylic acid groups (broad SMARTS) is 1. The highest BCUT2D eigenvalue weighted by Gasteiger charge is 2.12. The van der Waals surface area contributed by atoms with Crippen LogP contribution in [-0.2, 0) is 11.2 Å². The average molecular weight is 302 g/mol. The second kappa shape index (κ2) is 8.15. The number of amides is 2. The fraction of sp³-hybridized carbons (Fsp3) is 0.385. The summed E-state index contributed by atoms with van der Waals surface area (Å²) < 4.78 is 25.8. The van der Waals surface area contributed by atoms with Crippen LogP contribution in [0.25, 0.3) is 0 Å².